The van der Waals surface area contributed by atoms with Crippen LogP contribution in [0.2, 0.25) is 0 Å². The molecule has 1 aromatic rings. The van der Waals surface area contributed by atoms with E-state index in [4.69, 9.17) is 5.73 Å². The Morgan fingerprint density at radius 1 is 1.28 bits per heavy atom. The normalized spacial score (nSPS) is 18.3. The van der Waals surface area contributed by atoms with Crippen LogP contribution in [0.4, 0.5) is 10.1 Å². The molecular weight excluding hydrogens is 231 g/mol. The molecule has 0 aromatic heterocycles. The second-order valence-corrected chi connectivity index (χ2v) is 5.35. The first-order valence-electron chi connectivity index (χ1n) is 6.37. The van der Waals surface area contributed by atoms with Crippen molar-refractivity contribution in [2.75, 3.05) is 5.73 Å². The molecule has 1 fully saturated rings. The predicted octanol–water partition coefficient (Wildman–Crippen LogP) is 2.86. The molecule has 0 unspecified atom stereocenters. The lowest BCUT2D eigenvalue weighted by Crippen LogP contribution is -2.47. The van der Waals surface area contributed by atoms with Crippen LogP contribution in [0, 0.1) is 5.82 Å². The molecule has 0 bridgehead atoms. The number of anilines is 1. The van der Waals surface area contributed by atoms with E-state index < -0.39 is 5.82 Å². The molecule has 1 saturated carbocycles. The highest BCUT2D eigenvalue weighted by molar-refractivity contribution is 5.95. The number of amides is 1. The monoisotopic (exact) mass is 250 g/mol. The average Bonchev–Trinajstić information content (AvgIpc) is 2.28. The SMILES string of the molecule is CC1(NC(=O)c2cc(N)cc(F)c2)CCCCC1. The van der Waals surface area contributed by atoms with Crippen LogP contribution in [0.25, 0.3) is 0 Å². The van der Waals surface area contributed by atoms with E-state index in [2.05, 4.69) is 5.32 Å². The smallest absolute Gasteiger partial charge is 0.251 e. The van der Waals surface area contributed by atoms with Gasteiger partial charge in [-0.15, -0.1) is 0 Å². The first-order valence-corrected chi connectivity index (χ1v) is 6.37. The van der Waals surface area contributed by atoms with E-state index in [1.54, 1.807) is 0 Å². The van der Waals surface area contributed by atoms with Crippen molar-refractivity contribution in [2.45, 2.75) is 44.6 Å². The number of rotatable bonds is 2. The second-order valence-electron chi connectivity index (χ2n) is 5.35. The van der Waals surface area contributed by atoms with Gasteiger partial charge in [0.2, 0.25) is 0 Å². The van der Waals surface area contributed by atoms with E-state index in [1.807, 2.05) is 6.92 Å². The topological polar surface area (TPSA) is 55.1 Å². The van der Waals surface area contributed by atoms with Gasteiger partial charge in [-0.3, -0.25) is 4.79 Å². The van der Waals surface area contributed by atoms with Gasteiger partial charge in [0.25, 0.3) is 5.91 Å². The van der Waals surface area contributed by atoms with Crippen molar-refractivity contribution in [3.8, 4) is 0 Å². The molecule has 0 atom stereocenters. The summed E-state index contributed by atoms with van der Waals surface area (Å²) in [5, 5.41) is 3.00. The van der Waals surface area contributed by atoms with E-state index in [0.717, 1.165) is 25.7 Å². The Labute approximate surface area is 107 Å². The Kier molecular flexibility index (Phi) is 3.55. The van der Waals surface area contributed by atoms with Crippen LogP contribution in [0.15, 0.2) is 18.2 Å². The molecule has 1 aromatic carbocycles. The number of halogens is 1. The molecule has 0 spiro atoms. The lowest BCUT2D eigenvalue weighted by molar-refractivity contribution is 0.0882. The zero-order chi connectivity index (χ0) is 13.2. The van der Waals surface area contributed by atoms with Gasteiger partial charge < -0.3 is 11.1 Å². The lowest BCUT2D eigenvalue weighted by Gasteiger charge is -2.34. The highest BCUT2D eigenvalue weighted by Gasteiger charge is 2.28. The van der Waals surface area contributed by atoms with Crippen LogP contribution in [-0.4, -0.2) is 11.4 Å². The molecule has 0 aliphatic heterocycles. The summed E-state index contributed by atoms with van der Waals surface area (Å²) < 4.78 is 13.2. The van der Waals surface area contributed by atoms with Gasteiger partial charge in [0, 0.05) is 16.8 Å². The second kappa shape index (κ2) is 4.96. The van der Waals surface area contributed by atoms with Crippen molar-refractivity contribution in [2.24, 2.45) is 0 Å². The number of nitrogen functional groups attached to an aromatic ring is 1. The molecular formula is C14H19FN2O. The van der Waals surface area contributed by atoms with E-state index >= 15 is 0 Å². The van der Waals surface area contributed by atoms with Gasteiger partial charge in [-0.1, -0.05) is 19.3 Å². The van der Waals surface area contributed by atoms with Crippen LogP contribution < -0.4 is 11.1 Å². The molecule has 3 N–H and O–H groups in total. The summed E-state index contributed by atoms with van der Waals surface area (Å²) in [6.45, 7) is 2.05. The number of nitrogens with one attached hydrogen (secondary N) is 1. The minimum Gasteiger partial charge on any atom is -0.399 e. The van der Waals surface area contributed by atoms with E-state index in [1.165, 1.54) is 24.6 Å². The third kappa shape index (κ3) is 3.00. The van der Waals surface area contributed by atoms with Gasteiger partial charge in [-0.05, 0) is 38.0 Å². The fourth-order valence-electron chi connectivity index (χ4n) is 2.55. The fraction of sp³-hybridized carbons (Fsp3) is 0.500. The van der Waals surface area contributed by atoms with E-state index in [9.17, 15) is 9.18 Å². The minimum atomic E-state index is -0.478. The third-order valence-electron chi connectivity index (χ3n) is 3.55. The maximum Gasteiger partial charge on any atom is 0.251 e. The zero-order valence-electron chi connectivity index (χ0n) is 10.6. The van der Waals surface area contributed by atoms with Crippen LogP contribution >= 0.6 is 0 Å². The number of hydrogen-bond donors (Lipinski definition) is 2. The highest BCUT2D eigenvalue weighted by atomic mass is 19.1. The number of hydrogen-bond acceptors (Lipinski definition) is 2. The minimum absolute atomic E-state index is 0.170. The summed E-state index contributed by atoms with van der Waals surface area (Å²) in [5.41, 5.74) is 5.94. The summed E-state index contributed by atoms with van der Waals surface area (Å²) in [7, 11) is 0. The van der Waals surface area contributed by atoms with E-state index in [0.29, 0.717) is 5.56 Å². The largest absolute Gasteiger partial charge is 0.399 e. The number of benzene rings is 1. The zero-order valence-corrected chi connectivity index (χ0v) is 10.6. The summed E-state index contributed by atoms with van der Waals surface area (Å²) in [4.78, 5) is 12.1. The first kappa shape index (κ1) is 12.9. The molecule has 1 aliphatic rings. The molecule has 4 heteroatoms. The Morgan fingerprint density at radius 3 is 2.56 bits per heavy atom. The molecule has 1 aliphatic carbocycles. The number of nitrogens with two attached hydrogens (primary N) is 1. The molecule has 0 saturated heterocycles. The lowest BCUT2D eigenvalue weighted by atomic mass is 9.83. The van der Waals surface area contributed by atoms with Gasteiger partial charge in [-0.25, -0.2) is 4.39 Å². The van der Waals surface area contributed by atoms with Crippen molar-refractivity contribution in [1.82, 2.24) is 5.32 Å². The average molecular weight is 250 g/mol. The van der Waals surface area contributed by atoms with Gasteiger partial charge in [0.15, 0.2) is 0 Å². The van der Waals surface area contributed by atoms with Crippen molar-refractivity contribution >= 4 is 11.6 Å². The number of carbonyl (C=O) groups excluding carboxylic acids is 1. The summed E-state index contributed by atoms with van der Waals surface area (Å²) in [5.74, 6) is -0.723. The summed E-state index contributed by atoms with van der Waals surface area (Å²) in [6, 6.07) is 3.93. The fourth-order valence-corrected chi connectivity index (χ4v) is 2.55. The van der Waals surface area contributed by atoms with Crippen molar-refractivity contribution in [3.63, 3.8) is 0 Å². The molecule has 3 nitrogen and oxygen atoms in total. The van der Waals surface area contributed by atoms with Crippen molar-refractivity contribution in [1.29, 1.82) is 0 Å². The van der Waals surface area contributed by atoms with Gasteiger partial charge >= 0.3 is 0 Å². The highest BCUT2D eigenvalue weighted by Crippen LogP contribution is 2.28. The van der Waals surface area contributed by atoms with Crippen LogP contribution in [0.3, 0.4) is 0 Å². The Balaban J connectivity index is 2.11. The predicted molar refractivity (Wildman–Crippen MR) is 69.8 cm³/mol. The van der Waals surface area contributed by atoms with Crippen LogP contribution in [0.5, 0.6) is 0 Å². The molecule has 2 rings (SSSR count). The molecule has 0 radical (unpaired) electrons. The maximum absolute atomic E-state index is 13.2. The quantitative estimate of drug-likeness (QED) is 0.793. The van der Waals surface area contributed by atoms with Gasteiger partial charge in [0.1, 0.15) is 5.82 Å². The molecule has 1 amide bonds. The maximum atomic E-state index is 13.2. The van der Waals surface area contributed by atoms with Gasteiger partial charge in [0.05, 0.1) is 0 Å². The Morgan fingerprint density at radius 2 is 1.94 bits per heavy atom. The summed E-state index contributed by atoms with van der Waals surface area (Å²) >= 11 is 0. The van der Waals surface area contributed by atoms with E-state index in [-0.39, 0.29) is 17.1 Å². The molecule has 18 heavy (non-hydrogen) atoms. The van der Waals surface area contributed by atoms with Crippen molar-refractivity contribution < 1.29 is 9.18 Å². The molecule has 0 heterocycles. The van der Waals surface area contributed by atoms with Crippen LogP contribution in [0.1, 0.15) is 49.4 Å². The number of carbonyl (C=O) groups is 1. The van der Waals surface area contributed by atoms with Gasteiger partial charge in [-0.2, -0.15) is 0 Å². The molecule has 98 valence electrons. The Bertz CT molecular complexity index is 433. The van der Waals surface area contributed by atoms with Crippen molar-refractivity contribution in [3.05, 3.63) is 29.6 Å². The summed E-state index contributed by atoms with van der Waals surface area (Å²) in [6.07, 6.45) is 5.43. The first-order chi connectivity index (χ1) is 8.48. The van der Waals surface area contributed by atoms with Crippen LogP contribution in [-0.2, 0) is 0 Å². The third-order valence-corrected chi connectivity index (χ3v) is 3.55. The Hall–Kier alpha value is -1.58. The standard InChI is InChI=1S/C14H19FN2O/c1-14(5-3-2-4-6-14)17-13(18)10-7-11(15)9-12(16)8-10/h7-9H,2-6,16H2,1H3,(H,17,18).